The molecule has 2 rings (SSSR count). The van der Waals surface area contributed by atoms with Crippen molar-refractivity contribution in [1.82, 2.24) is 0 Å². The number of benzene rings is 1. The zero-order chi connectivity index (χ0) is 12.4. The standard InChI is InChI=1S/C13H12ClNOS/c1-8-4-3-5-10(6-8)15-13(16)11-7-9(2)12(14)17-11/h3-7H,1-2H3,(H,15,16). The number of nitrogens with one attached hydrogen (secondary N) is 1. The molecule has 1 aromatic heterocycles. The average molecular weight is 266 g/mol. The number of hydrogen-bond donors (Lipinski definition) is 1. The number of halogens is 1. The Morgan fingerprint density at radius 3 is 2.65 bits per heavy atom. The minimum absolute atomic E-state index is 0.115. The van der Waals surface area contributed by atoms with Crippen LogP contribution in [0.4, 0.5) is 5.69 Å². The van der Waals surface area contributed by atoms with Gasteiger partial charge in [-0.15, -0.1) is 11.3 Å². The summed E-state index contributed by atoms with van der Waals surface area (Å²) in [6.45, 7) is 3.88. The van der Waals surface area contributed by atoms with Gasteiger partial charge in [-0.3, -0.25) is 4.79 Å². The molecule has 2 nitrogen and oxygen atoms in total. The van der Waals surface area contributed by atoms with Gasteiger partial charge in [-0.1, -0.05) is 23.7 Å². The molecular formula is C13H12ClNOS. The molecule has 17 heavy (non-hydrogen) atoms. The maximum atomic E-state index is 11.9. The van der Waals surface area contributed by atoms with E-state index in [0.717, 1.165) is 16.8 Å². The second kappa shape index (κ2) is 4.90. The van der Waals surface area contributed by atoms with Crippen LogP contribution in [-0.4, -0.2) is 5.91 Å². The van der Waals surface area contributed by atoms with Crippen molar-refractivity contribution in [2.24, 2.45) is 0 Å². The van der Waals surface area contributed by atoms with E-state index < -0.39 is 0 Å². The summed E-state index contributed by atoms with van der Waals surface area (Å²) in [5, 5.41) is 2.85. The van der Waals surface area contributed by atoms with Gasteiger partial charge in [0, 0.05) is 5.69 Å². The van der Waals surface area contributed by atoms with Crippen molar-refractivity contribution in [1.29, 1.82) is 0 Å². The molecule has 0 spiro atoms. The molecule has 0 fully saturated rings. The third-order valence-corrected chi connectivity index (χ3v) is 3.91. The van der Waals surface area contributed by atoms with Gasteiger partial charge in [0.1, 0.15) is 0 Å². The zero-order valence-corrected chi connectivity index (χ0v) is 11.2. The zero-order valence-electron chi connectivity index (χ0n) is 9.58. The van der Waals surface area contributed by atoms with Crippen molar-refractivity contribution >= 4 is 34.5 Å². The van der Waals surface area contributed by atoms with Crippen molar-refractivity contribution in [3.8, 4) is 0 Å². The quantitative estimate of drug-likeness (QED) is 0.863. The van der Waals surface area contributed by atoms with E-state index >= 15 is 0 Å². The maximum absolute atomic E-state index is 11.9. The number of thiophene rings is 1. The molecule has 0 atom stereocenters. The van der Waals surface area contributed by atoms with E-state index in [1.807, 2.05) is 38.1 Å². The maximum Gasteiger partial charge on any atom is 0.265 e. The van der Waals surface area contributed by atoms with E-state index in [1.165, 1.54) is 11.3 Å². The molecular weight excluding hydrogens is 254 g/mol. The summed E-state index contributed by atoms with van der Waals surface area (Å²) in [7, 11) is 0. The fourth-order valence-corrected chi connectivity index (χ4v) is 2.58. The van der Waals surface area contributed by atoms with Crippen LogP contribution in [0.1, 0.15) is 20.8 Å². The second-order valence-electron chi connectivity index (χ2n) is 3.89. The minimum atomic E-state index is -0.115. The lowest BCUT2D eigenvalue weighted by molar-refractivity contribution is 0.103. The fourth-order valence-electron chi connectivity index (χ4n) is 1.49. The Morgan fingerprint density at radius 1 is 1.29 bits per heavy atom. The van der Waals surface area contributed by atoms with Crippen molar-refractivity contribution in [3.05, 3.63) is 50.7 Å². The van der Waals surface area contributed by atoms with Crippen LogP contribution < -0.4 is 5.32 Å². The Balaban J connectivity index is 2.17. The third kappa shape index (κ3) is 2.87. The predicted octanol–water partition coefficient (Wildman–Crippen LogP) is 4.27. The SMILES string of the molecule is Cc1cccc(NC(=O)c2cc(C)c(Cl)s2)c1. The first-order valence-corrected chi connectivity index (χ1v) is 6.39. The molecule has 0 aliphatic carbocycles. The highest BCUT2D eigenvalue weighted by Gasteiger charge is 2.11. The van der Waals surface area contributed by atoms with Gasteiger partial charge in [-0.2, -0.15) is 0 Å². The van der Waals surface area contributed by atoms with Gasteiger partial charge in [-0.05, 0) is 43.2 Å². The summed E-state index contributed by atoms with van der Waals surface area (Å²) in [6, 6.07) is 9.50. The summed E-state index contributed by atoms with van der Waals surface area (Å²) in [6.07, 6.45) is 0. The molecule has 1 amide bonds. The lowest BCUT2D eigenvalue weighted by Gasteiger charge is -2.03. The molecule has 1 aromatic carbocycles. The number of carbonyl (C=O) groups excluding carboxylic acids is 1. The van der Waals surface area contributed by atoms with E-state index in [2.05, 4.69) is 5.32 Å². The Kier molecular flexibility index (Phi) is 3.50. The van der Waals surface area contributed by atoms with Crippen LogP contribution in [0, 0.1) is 13.8 Å². The van der Waals surface area contributed by atoms with Gasteiger partial charge in [0.25, 0.3) is 5.91 Å². The first-order chi connectivity index (χ1) is 8.06. The highest BCUT2D eigenvalue weighted by atomic mass is 35.5. The summed E-state index contributed by atoms with van der Waals surface area (Å²) in [5.41, 5.74) is 2.85. The number of hydrogen-bond acceptors (Lipinski definition) is 2. The normalized spacial score (nSPS) is 10.3. The number of anilines is 1. The molecule has 1 N–H and O–H groups in total. The lowest BCUT2D eigenvalue weighted by Crippen LogP contribution is -2.09. The van der Waals surface area contributed by atoms with Crippen molar-refractivity contribution in [3.63, 3.8) is 0 Å². The van der Waals surface area contributed by atoms with Crippen LogP contribution in [0.25, 0.3) is 0 Å². The van der Waals surface area contributed by atoms with E-state index in [4.69, 9.17) is 11.6 Å². The van der Waals surface area contributed by atoms with Crippen LogP contribution >= 0.6 is 22.9 Å². The molecule has 1 heterocycles. The van der Waals surface area contributed by atoms with Crippen LogP contribution in [0.15, 0.2) is 30.3 Å². The van der Waals surface area contributed by atoms with Crippen molar-refractivity contribution in [2.45, 2.75) is 13.8 Å². The Hall–Kier alpha value is -1.32. The van der Waals surface area contributed by atoms with Gasteiger partial charge in [-0.25, -0.2) is 0 Å². The van der Waals surface area contributed by atoms with E-state index in [0.29, 0.717) is 9.21 Å². The van der Waals surface area contributed by atoms with Gasteiger partial charge in [0.05, 0.1) is 9.21 Å². The van der Waals surface area contributed by atoms with Crippen molar-refractivity contribution in [2.75, 3.05) is 5.32 Å². The molecule has 0 bridgehead atoms. The van der Waals surface area contributed by atoms with Crippen molar-refractivity contribution < 1.29 is 4.79 Å². The van der Waals surface area contributed by atoms with E-state index in [1.54, 1.807) is 6.07 Å². The monoisotopic (exact) mass is 265 g/mol. The summed E-state index contributed by atoms with van der Waals surface area (Å²) in [4.78, 5) is 12.6. The molecule has 0 saturated carbocycles. The van der Waals surface area contributed by atoms with Crippen LogP contribution in [-0.2, 0) is 0 Å². The Bertz CT molecular complexity index is 543. The molecule has 0 unspecified atom stereocenters. The number of rotatable bonds is 2. The third-order valence-electron chi connectivity index (χ3n) is 2.36. The van der Waals surface area contributed by atoms with E-state index in [9.17, 15) is 4.79 Å². The molecule has 0 aliphatic heterocycles. The number of aryl methyl sites for hydroxylation is 2. The van der Waals surface area contributed by atoms with Gasteiger partial charge in [0.15, 0.2) is 0 Å². The molecule has 88 valence electrons. The molecule has 0 aliphatic rings. The van der Waals surface area contributed by atoms with Crippen LogP contribution in [0.5, 0.6) is 0 Å². The first kappa shape index (κ1) is 12.1. The molecule has 0 radical (unpaired) electrons. The largest absolute Gasteiger partial charge is 0.321 e. The highest BCUT2D eigenvalue weighted by molar-refractivity contribution is 7.18. The topological polar surface area (TPSA) is 29.1 Å². The molecule has 0 saturated heterocycles. The predicted molar refractivity (Wildman–Crippen MR) is 73.2 cm³/mol. The number of carbonyl (C=O) groups is 1. The number of amides is 1. The average Bonchev–Trinajstić information content (AvgIpc) is 2.59. The van der Waals surface area contributed by atoms with Gasteiger partial charge < -0.3 is 5.32 Å². The minimum Gasteiger partial charge on any atom is -0.321 e. The Labute approximate surface area is 109 Å². The van der Waals surface area contributed by atoms with E-state index in [-0.39, 0.29) is 5.91 Å². The summed E-state index contributed by atoms with van der Waals surface area (Å²) < 4.78 is 0.666. The molecule has 4 heteroatoms. The fraction of sp³-hybridized carbons (Fsp3) is 0.154. The smallest absolute Gasteiger partial charge is 0.265 e. The Morgan fingerprint density at radius 2 is 2.06 bits per heavy atom. The molecule has 2 aromatic rings. The first-order valence-electron chi connectivity index (χ1n) is 5.20. The highest BCUT2D eigenvalue weighted by Crippen LogP contribution is 2.27. The summed E-state index contributed by atoms with van der Waals surface area (Å²) >= 11 is 7.24. The van der Waals surface area contributed by atoms with Gasteiger partial charge >= 0.3 is 0 Å². The summed E-state index contributed by atoms with van der Waals surface area (Å²) in [5.74, 6) is -0.115. The van der Waals surface area contributed by atoms with Crippen LogP contribution in [0.3, 0.4) is 0 Å². The second-order valence-corrected chi connectivity index (χ2v) is 5.55. The van der Waals surface area contributed by atoms with Crippen LogP contribution in [0.2, 0.25) is 4.34 Å². The van der Waals surface area contributed by atoms with Gasteiger partial charge in [0.2, 0.25) is 0 Å². The lowest BCUT2D eigenvalue weighted by atomic mass is 10.2.